The van der Waals surface area contributed by atoms with Crippen LogP contribution < -0.4 is 5.56 Å². The number of aromatic nitrogens is 6. The summed E-state index contributed by atoms with van der Waals surface area (Å²) in [5.74, 6) is -0.163. The lowest BCUT2D eigenvalue weighted by molar-refractivity contribution is 0.380. The number of nitrogens with zero attached hydrogens (tertiary/aromatic N) is 6. The molecule has 0 saturated heterocycles. The van der Waals surface area contributed by atoms with Crippen molar-refractivity contribution in [2.75, 3.05) is 0 Å². The van der Waals surface area contributed by atoms with Gasteiger partial charge in [-0.1, -0.05) is 0 Å². The Kier molecular flexibility index (Phi) is 5.89. The molecule has 7 nitrogen and oxygen atoms in total. The van der Waals surface area contributed by atoms with Crippen molar-refractivity contribution < 1.29 is 4.39 Å². The minimum absolute atomic E-state index is 0.0651. The fraction of sp³-hybridized carbons (Fsp3) is 0.385. The van der Waals surface area contributed by atoms with Crippen molar-refractivity contribution in [2.24, 2.45) is 0 Å². The first kappa shape index (κ1) is 22.3. The molecule has 0 N–H and O–H groups in total. The largest absolute Gasteiger partial charge is 0.285 e. The van der Waals surface area contributed by atoms with E-state index in [2.05, 4.69) is 24.9 Å². The van der Waals surface area contributed by atoms with Gasteiger partial charge in [0, 0.05) is 35.9 Å². The Labute approximate surface area is 197 Å². The van der Waals surface area contributed by atoms with Crippen LogP contribution in [0.15, 0.2) is 41.7 Å². The molecular weight excluding hydrogens is 431 g/mol. The van der Waals surface area contributed by atoms with Gasteiger partial charge in [-0.05, 0) is 76.0 Å². The quantitative estimate of drug-likeness (QED) is 0.418. The Balaban J connectivity index is 1.51. The number of pyridine rings is 2. The Bertz CT molecular complexity index is 1400. The van der Waals surface area contributed by atoms with Gasteiger partial charge in [0.1, 0.15) is 5.52 Å². The molecule has 0 aliphatic heterocycles. The second kappa shape index (κ2) is 9.00. The van der Waals surface area contributed by atoms with E-state index in [1.807, 2.05) is 32.9 Å². The Morgan fingerprint density at radius 1 is 0.971 bits per heavy atom. The lowest BCUT2D eigenvalue weighted by Crippen LogP contribution is -2.29. The van der Waals surface area contributed by atoms with E-state index in [1.165, 1.54) is 6.20 Å². The fourth-order valence-corrected chi connectivity index (χ4v) is 5.14. The summed E-state index contributed by atoms with van der Waals surface area (Å²) in [4.78, 5) is 35.6. The average molecular weight is 459 g/mol. The van der Waals surface area contributed by atoms with Crippen molar-refractivity contribution in [2.45, 2.75) is 64.8 Å². The van der Waals surface area contributed by atoms with Gasteiger partial charge < -0.3 is 0 Å². The Morgan fingerprint density at radius 2 is 1.71 bits per heavy atom. The number of fused-ring (bicyclic) bond motifs is 1. The van der Waals surface area contributed by atoms with Crippen LogP contribution >= 0.6 is 0 Å². The third-order valence-electron chi connectivity index (χ3n) is 6.97. The van der Waals surface area contributed by atoms with Crippen LogP contribution in [0.25, 0.3) is 11.2 Å². The number of hydrogen-bond acceptors (Lipinski definition) is 6. The maximum atomic E-state index is 14.4. The molecule has 0 radical (unpaired) electrons. The molecule has 0 spiro atoms. The highest BCUT2D eigenvalue weighted by Crippen LogP contribution is 2.41. The van der Waals surface area contributed by atoms with Crippen LogP contribution in [0, 0.1) is 26.7 Å². The monoisotopic (exact) mass is 458 g/mol. The smallest absolute Gasteiger partial charge is 0.256 e. The van der Waals surface area contributed by atoms with E-state index in [-0.39, 0.29) is 29.9 Å². The minimum atomic E-state index is -0.374. The van der Waals surface area contributed by atoms with Gasteiger partial charge in [-0.3, -0.25) is 24.3 Å². The van der Waals surface area contributed by atoms with E-state index < -0.39 is 0 Å². The molecule has 0 aromatic carbocycles. The zero-order chi connectivity index (χ0) is 23.8. The number of halogens is 1. The zero-order valence-electron chi connectivity index (χ0n) is 19.6. The second-order valence-electron chi connectivity index (χ2n) is 9.18. The maximum Gasteiger partial charge on any atom is 0.256 e. The zero-order valence-corrected chi connectivity index (χ0v) is 19.6. The van der Waals surface area contributed by atoms with E-state index in [0.717, 1.165) is 59.5 Å². The van der Waals surface area contributed by atoms with Gasteiger partial charge in [0.25, 0.3) is 5.56 Å². The summed E-state index contributed by atoms with van der Waals surface area (Å²) in [6, 6.07) is 3.76. The summed E-state index contributed by atoms with van der Waals surface area (Å²) in [5.41, 5.74) is 5.85. The molecule has 1 aliphatic rings. The lowest BCUT2D eigenvalue weighted by Gasteiger charge is -2.30. The molecule has 8 heteroatoms. The highest BCUT2D eigenvalue weighted by molar-refractivity contribution is 5.71. The normalized spacial score (nSPS) is 18.4. The molecule has 1 aliphatic carbocycles. The first-order valence-corrected chi connectivity index (χ1v) is 11.7. The molecule has 1 saturated carbocycles. The van der Waals surface area contributed by atoms with E-state index in [4.69, 9.17) is 0 Å². The maximum absolute atomic E-state index is 14.4. The van der Waals surface area contributed by atoms with Crippen molar-refractivity contribution in [3.05, 3.63) is 87.0 Å². The van der Waals surface area contributed by atoms with Crippen molar-refractivity contribution in [3.8, 4) is 0 Å². The SMILES string of the molecule is Cc1cnc2cc(C3CCC(c4c(C)ccnc4F)CC3)c(=O)n(Cc3nccnc3C)c2n1. The second-order valence-corrected chi connectivity index (χ2v) is 9.18. The predicted octanol–water partition coefficient (Wildman–Crippen LogP) is 4.53. The van der Waals surface area contributed by atoms with E-state index in [9.17, 15) is 9.18 Å². The molecule has 0 atom stereocenters. The highest BCUT2D eigenvalue weighted by Gasteiger charge is 2.29. The predicted molar refractivity (Wildman–Crippen MR) is 127 cm³/mol. The van der Waals surface area contributed by atoms with E-state index in [1.54, 1.807) is 23.2 Å². The van der Waals surface area contributed by atoms with Gasteiger partial charge in [0.05, 0.1) is 23.6 Å². The van der Waals surface area contributed by atoms with Crippen LogP contribution in [-0.2, 0) is 6.54 Å². The standard InChI is InChI=1S/C26H27FN6O/c1-15-8-9-30-24(27)23(15)19-6-4-18(5-7-19)20-12-21-25(32-16(2)13-31-21)33(26(20)34)14-22-17(3)28-10-11-29-22/h8-13,18-19H,4-7,14H2,1-3H3. The van der Waals surface area contributed by atoms with Crippen LogP contribution in [0.1, 0.15) is 71.3 Å². The lowest BCUT2D eigenvalue weighted by atomic mass is 9.75. The molecule has 0 amide bonds. The molecule has 0 unspecified atom stereocenters. The van der Waals surface area contributed by atoms with Crippen LogP contribution in [0.2, 0.25) is 0 Å². The van der Waals surface area contributed by atoms with Gasteiger partial charge in [-0.2, -0.15) is 4.39 Å². The summed E-state index contributed by atoms with van der Waals surface area (Å²) >= 11 is 0. The van der Waals surface area contributed by atoms with Gasteiger partial charge in [-0.15, -0.1) is 0 Å². The third kappa shape index (κ3) is 4.08. The molecule has 0 bridgehead atoms. The van der Waals surface area contributed by atoms with Crippen LogP contribution in [0.5, 0.6) is 0 Å². The van der Waals surface area contributed by atoms with E-state index in [0.29, 0.717) is 11.2 Å². The summed E-state index contributed by atoms with van der Waals surface area (Å²) in [7, 11) is 0. The number of rotatable bonds is 4. The molecule has 34 heavy (non-hydrogen) atoms. The van der Waals surface area contributed by atoms with Crippen molar-refractivity contribution in [3.63, 3.8) is 0 Å². The Morgan fingerprint density at radius 3 is 2.44 bits per heavy atom. The summed E-state index contributed by atoms with van der Waals surface area (Å²) < 4.78 is 16.1. The van der Waals surface area contributed by atoms with Gasteiger partial charge >= 0.3 is 0 Å². The Hall–Kier alpha value is -3.55. The van der Waals surface area contributed by atoms with Crippen molar-refractivity contribution in [1.29, 1.82) is 0 Å². The number of hydrogen-bond donors (Lipinski definition) is 0. The fourth-order valence-electron chi connectivity index (χ4n) is 5.14. The molecule has 4 heterocycles. The minimum Gasteiger partial charge on any atom is -0.285 e. The van der Waals surface area contributed by atoms with Crippen molar-refractivity contribution in [1.82, 2.24) is 29.5 Å². The molecular formula is C26H27FN6O. The number of aryl methyl sites for hydroxylation is 3. The molecule has 4 aromatic rings. The van der Waals surface area contributed by atoms with E-state index >= 15 is 0 Å². The molecule has 174 valence electrons. The topological polar surface area (TPSA) is 86.5 Å². The highest BCUT2D eigenvalue weighted by atomic mass is 19.1. The summed E-state index contributed by atoms with van der Waals surface area (Å²) in [5, 5.41) is 0. The van der Waals surface area contributed by atoms with Gasteiger partial charge in [0.15, 0.2) is 5.65 Å². The molecule has 5 rings (SSSR count). The van der Waals surface area contributed by atoms with Crippen LogP contribution in [0.3, 0.4) is 0 Å². The first-order valence-electron chi connectivity index (χ1n) is 11.7. The third-order valence-corrected chi connectivity index (χ3v) is 6.97. The first-order chi connectivity index (χ1) is 16.4. The molecule has 4 aromatic heterocycles. The van der Waals surface area contributed by atoms with Crippen molar-refractivity contribution >= 4 is 11.2 Å². The van der Waals surface area contributed by atoms with Crippen LogP contribution in [0.4, 0.5) is 4.39 Å². The van der Waals surface area contributed by atoms with Gasteiger partial charge in [-0.25, -0.2) is 9.97 Å². The summed E-state index contributed by atoms with van der Waals surface area (Å²) in [6.45, 7) is 5.97. The summed E-state index contributed by atoms with van der Waals surface area (Å²) in [6.07, 6.45) is 9.76. The molecule has 1 fully saturated rings. The van der Waals surface area contributed by atoms with Gasteiger partial charge in [0.2, 0.25) is 5.95 Å². The average Bonchev–Trinajstić information content (AvgIpc) is 2.82. The van der Waals surface area contributed by atoms with Crippen LogP contribution in [-0.4, -0.2) is 29.5 Å².